The molecule has 2 atom stereocenters. The molecule has 2 rings (SSSR count). The molecule has 0 spiro atoms. The molecule has 0 fully saturated rings. The number of aromatic nitrogens is 1. The van der Waals surface area contributed by atoms with Crippen LogP contribution in [0.3, 0.4) is 0 Å². The molecule has 0 aliphatic carbocycles. The molecule has 2 unspecified atom stereocenters. The first-order chi connectivity index (χ1) is 15.4. The average molecular weight is 491 g/mol. The second kappa shape index (κ2) is 10.9. The third kappa shape index (κ3) is 7.52. The monoisotopic (exact) mass is 490 g/mol. The predicted molar refractivity (Wildman–Crippen MR) is 107 cm³/mol. The van der Waals surface area contributed by atoms with Gasteiger partial charge in [0.1, 0.15) is 16.5 Å². The Labute approximate surface area is 190 Å². The van der Waals surface area contributed by atoms with Gasteiger partial charge in [-0.1, -0.05) is 11.6 Å². The van der Waals surface area contributed by atoms with E-state index in [1.165, 1.54) is 31.2 Å². The van der Waals surface area contributed by atoms with Gasteiger partial charge in [0.15, 0.2) is 6.10 Å². The summed E-state index contributed by atoms with van der Waals surface area (Å²) in [6, 6.07) is 6.35. The van der Waals surface area contributed by atoms with Crippen molar-refractivity contribution in [1.29, 1.82) is 0 Å². The summed E-state index contributed by atoms with van der Waals surface area (Å²) in [4.78, 5) is 38.5. The topological polar surface area (TPSA) is 113 Å². The normalized spacial score (nSPS) is 12.8. The van der Waals surface area contributed by atoms with Gasteiger partial charge in [-0.2, -0.15) is 13.2 Å². The van der Waals surface area contributed by atoms with E-state index in [0.29, 0.717) is 12.3 Å². The number of pyridine rings is 1. The van der Waals surface area contributed by atoms with Crippen LogP contribution in [0.2, 0.25) is 5.02 Å². The number of methoxy groups -OCH3 is 1. The average Bonchev–Trinajstić information content (AvgIpc) is 2.74. The molecule has 1 amide bonds. The van der Waals surface area contributed by atoms with Crippen LogP contribution in [0.5, 0.6) is 17.4 Å². The van der Waals surface area contributed by atoms with Crippen molar-refractivity contribution in [2.75, 3.05) is 7.11 Å². The van der Waals surface area contributed by atoms with Crippen LogP contribution in [-0.2, 0) is 30.0 Å². The number of nitrogens with zero attached hydrogens (tertiary/aromatic N) is 1. The zero-order valence-corrected chi connectivity index (χ0v) is 18.2. The molecule has 0 saturated carbocycles. The van der Waals surface area contributed by atoms with Gasteiger partial charge < -0.3 is 24.3 Å². The van der Waals surface area contributed by atoms with Crippen LogP contribution in [0.15, 0.2) is 36.5 Å². The highest BCUT2D eigenvalue weighted by Crippen LogP contribution is 2.34. The third-order valence-corrected chi connectivity index (χ3v) is 4.10. The van der Waals surface area contributed by atoms with Gasteiger partial charge in [0.2, 0.25) is 5.88 Å². The summed E-state index contributed by atoms with van der Waals surface area (Å²) >= 11 is 5.81. The molecule has 1 aromatic heterocycles. The van der Waals surface area contributed by atoms with Crippen LogP contribution in [0.4, 0.5) is 13.2 Å². The molecule has 178 valence electrons. The lowest BCUT2D eigenvalue weighted by Crippen LogP contribution is -2.48. The molecule has 1 aromatic carbocycles. The number of rotatable bonds is 8. The Morgan fingerprint density at radius 2 is 1.73 bits per heavy atom. The number of carbonyl (C=O) groups excluding carboxylic acids is 3. The summed E-state index contributed by atoms with van der Waals surface area (Å²) in [7, 11) is 1.06. The van der Waals surface area contributed by atoms with Gasteiger partial charge in [-0.05, 0) is 37.3 Å². The predicted octanol–water partition coefficient (Wildman–Crippen LogP) is 3.49. The van der Waals surface area contributed by atoms with Gasteiger partial charge in [-0.3, -0.25) is 9.59 Å². The number of esters is 2. The van der Waals surface area contributed by atoms with Crippen LogP contribution in [0.1, 0.15) is 19.4 Å². The number of amides is 1. The fraction of sp³-hybridized carbons (Fsp3) is 0.300. The molecule has 33 heavy (non-hydrogen) atoms. The van der Waals surface area contributed by atoms with Crippen molar-refractivity contribution in [2.45, 2.75) is 32.4 Å². The fourth-order valence-electron chi connectivity index (χ4n) is 2.27. The SMILES string of the molecule is COC(=O)C(NC(=O)C(C)Oc1ccc(Oc2ncc(C(F)(F)F)cc2Cl)cc1)OC(C)=O. The van der Waals surface area contributed by atoms with Crippen molar-refractivity contribution < 1.29 is 46.5 Å². The number of ether oxygens (including phenoxy) is 4. The minimum Gasteiger partial charge on any atom is -0.481 e. The van der Waals surface area contributed by atoms with E-state index < -0.39 is 41.9 Å². The second-order valence-electron chi connectivity index (χ2n) is 6.36. The Hall–Kier alpha value is -3.54. The number of carbonyl (C=O) groups is 3. The van der Waals surface area contributed by atoms with Crippen LogP contribution in [0.25, 0.3) is 0 Å². The summed E-state index contributed by atoms with van der Waals surface area (Å²) in [5.74, 6) is -2.38. The summed E-state index contributed by atoms with van der Waals surface area (Å²) in [5.41, 5.74) is -1.01. The van der Waals surface area contributed by atoms with Crippen molar-refractivity contribution >= 4 is 29.4 Å². The molecule has 0 radical (unpaired) electrons. The van der Waals surface area contributed by atoms with E-state index in [-0.39, 0.29) is 22.4 Å². The van der Waals surface area contributed by atoms with Crippen LogP contribution >= 0.6 is 11.6 Å². The van der Waals surface area contributed by atoms with Gasteiger partial charge in [0.05, 0.1) is 12.7 Å². The number of hydrogen-bond donors (Lipinski definition) is 1. The van der Waals surface area contributed by atoms with E-state index in [4.69, 9.17) is 21.1 Å². The van der Waals surface area contributed by atoms with Crippen molar-refractivity contribution in [3.8, 4) is 17.4 Å². The van der Waals surface area contributed by atoms with E-state index in [0.717, 1.165) is 14.0 Å². The number of benzene rings is 1. The lowest BCUT2D eigenvalue weighted by Gasteiger charge is -2.19. The minimum atomic E-state index is -4.59. The molecule has 2 aromatic rings. The highest BCUT2D eigenvalue weighted by atomic mass is 35.5. The van der Waals surface area contributed by atoms with Gasteiger partial charge >= 0.3 is 18.1 Å². The van der Waals surface area contributed by atoms with Crippen LogP contribution in [-0.4, -0.2) is 42.3 Å². The molecule has 1 heterocycles. The molecule has 1 N–H and O–H groups in total. The first-order valence-electron chi connectivity index (χ1n) is 9.13. The molecule has 13 heteroatoms. The highest BCUT2D eigenvalue weighted by molar-refractivity contribution is 6.31. The van der Waals surface area contributed by atoms with Gasteiger partial charge in [0, 0.05) is 13.1 Å². The van der Waals surface area contributed by atoms with E-state index in [1.54, 1.807) is 0 Å². The third-order valence-electron chi connectivity index (χ3n) is 3.83. The van der Waals surface area contributed by atoms with Crippen LogP contribution < -0.4 is 14.8 Å². The quantitative estimate of drug-likeness (QED) is 0.442. The van der Waals surface area contributed by atoms with Crippen LogP contribution in [0, 0.1) is 0 Å². The number of alkyl halides is 3. The first-order valence-corrected chi connectivity index (χ1v) is 9.51. The van der Waals surface area contributed by atoms with Crippen molar-refractivity contribution in [1.82, 2.24) is 10.3 Å². The second-order valence-corrected chi connectivity index (χ2v) is 6.77. The van der Waals surface area contributed by atoms with Gasteiger partial charge in [0.25, 0.3) is 12.1 Å². The number of halogens is 4. The van der Waals surface area contributed by atoms with E-state index in [1.807, 2.05) is 0 Å². The Morgan fingerprint density at radius 1 is 1.12 bits per heavy atom. The Balaban J connectivity index is 2.00. The largest absolute Gasteiger partial charge is 0.481 e. The highest BCUT2D eigenvalue weighted by Gasteiger charge is 2.32. The summed E-state index contributed by atoms with van der Waals surface area (Å²) in [6.45, 7) is 2.44. The van der Waals surface area contributed by atoms with Gasteiger partial charge in [-0.15, -0.1) is 0 Å². The standard InChI is InChI=1S/C20H18ClF3N2O7/c1-10(16(28)26-18(19(29)30-3)32-11(2)27)31-13-4-6-14(7-5-13)33-17-15(21)8-12(9-25-17)20(22,23)24/h4-10,18H,1-3H3,(H,26,28). The summed E-state index contributed by atoms with van der Waals surface area (Å²) in [5, 5.41) is 1.85. The lowest BCUT2D eigenvalue weighted by atomic mass is 10.3. The first kappa shape index (κ1) is 25.7. The number of hydrogen-bond acceptors (Lipinski definition) is 8. The lowest BCUT2D eigenvalue weighted by molar-refractivity contribution is -0.169. The van der Waals surface area contributed by atoms with Gasteiger partial charge in [-0.25, -0.2) is 9.78 Å². The van der Waals surface area contributed by atoms with E-state index in [9.17, 15) is 27.6 Å². The smallest absolute Gasteiger partial charge is 0.417 e. The maximum Gasteiger partial charge on any atom is 0.417 e. The van der Waals surface area contributed by atoms with E-state index in [2.05, 4.69) is 19.8 Å². The molecule has 0 aliphatic heterocycles. The maximum atomic E-state index is 12.7. The Bertz CT molecular complexity index is 1020. The van der Waals surface area contributed by atoms with E-state index >= 15 is 0 Å². The zero-order chi connectivity index (χ0) is 24.8. The molecular weight excluding hydrogens is 473 g/mol. The summed E-state index contributed by atoms with van der Waals surface area (Å²) in [6.07, 6.45) is -6.74. The molecular formula is C20H18ClF3N2O7. The number of nitrogens with one attached hydrogen (secondary N) is 1. The van der Waals surface area contributed by atoms with Crippen molar-refractivity contribution in [2.24, 2.45) is 0 Å². The Kier molecular flexibility index (Phi) is 8.46. The molecule has 0 aliphatic rings. The Morgan fingerprint density at radius 3 is 2.24 bits per heavy atom. The van der Waals surface area contributed by atoms with Crippen molar-refractivity contribution in [3.63, 3.8) is 0 Å². The zero-order valence-electron chi connectivity index (χ0n) is 17.4. The molecule has 0 bridgehead atoms. The summed E-state index contributed by atoms with van der Waals surface area (Å²) < 4.78 is 58.0. The molecule has 9 nitrogen and oxygen atoms in total. The minimum absolute atomic E-state index is 0.189. The fourth-order valence-corrected chi connectivity index (χ4v) is 2.47. The van der Waals surface area contributed by atoms with Crippen molar-refractivity contribution in [3.05, 3.63) is 47.1 Å². The molecule has 0 saturated heterocycles. The maximum absolute atomic E-state index is 12.7.